The molecule has 0 saturated heterocycles. The Morgan fingerprint density at radius 1 is 0.938 bits per heavy atom. The summed E-state index contributed by atoms with van der Waals surface area (Å²) >= 11 is 0. The van der Waals surface area contributed by atoms with Crippen LogP contribution in [-0.2, 0) is 11.2 Å². The van der Waals surface area contributed by atoms with Gasteiger partial charge in [0, 0.05) is 18.5 Å². The topological polar surface area (TPSA) is 91.8 Å². The molecule has 1 atom stereocenters. The Morgan fingerprint density at radius 2 is 1.62 bits per heavy atom. The van der Waals surface area contributed by atoms with Crippen LogP contribution in [0.4, 0.5) is 0 Å². The van der Waals surface area contributed by atoms with Crippen molar-refractivity contribution in [1.29, 1.82) is 0 Å². The van der Waals surface area contributed by atoms with Gasteiger partial charge in [-0.05, 0) is 67.0 Å². The van der Waals surface area contributed by atoms with Crippen LogP contribution in [0.5, 0.6) is 0 Å². The van der Waals surface area contributed by atoms with E-state index in [1.54, 1.807) is 30.3 Å². The summed E-state index contributed by atoms with van der Waals surface area (Å²) < 4.78 is 0. The third-order valence-corrected chi connectivity index (χ3v) is 6.80. The summed E-state index contributed by atoms with van der Waals surface area (Å²) in [6, 6.07) is 12.1. The Labute approximate surface area is 185 Å². The minimum Gasteiger partial charge on any atom is -0.481 e. The maximum Gasteiger partial charge on any atom is 0.308 e. The standard InChI is InChI=1S/C26H23NO5/c28-23(16-9-10-20-17(12-16)11-15-5-1-2-6-19(15)20)13-18(26(31)32)14-27-24(29)21-7-3-4-8-22(21)25(27)30/h3-4,7-10,12,18H,1-2,5-6,11,13-14H2,(H,31,32)/t18-/m0/s1. The lowest BCUT2D eigenvalue weighted by atomic mass is 9.91. The van der Waals surface area contributed by atoms with E-state index >= 15 is 0 Å². The smallest absolute Gasteiger partial charge is 0.308 e. The van der Waals surface area contributed by atoms with Crippen molar-refractivity contribution in [3.63, 3.8) is 0 Å². The lowest BCUT2D eigenvalue weighted by Gasteiger charge is -2.19. The number of rotatable bonds is 6. The number of fused-ring (bicyclic) bond motifs is 3. The van der Waals surface area contributed by atoms with E-state index in [0.29, 0.717) is 5.56 Å². The van der Waals surface area contributed by atoms with Crippen molar-refractivity contribution in [2.45, 2.75) is 38.5 Å². The van der Waals surface area contributed by atoms with Gasteiger partial charge in [0.25, 0.3) is 11.8 Å². The number of carbonyl (C=O) groups is 4. The average molecular weight is 429 g/mol. The summed E-state index contributed by atoms with van der Waals surface area (Å²) in [5, 5.41) is 9.71. The molecule has 32 heavy (non-hydrogen) atoms. The number of ketones is 1. The Morgan fingerprint density at radius 3 is 2.31 bits per heavy atom. The second-order valence-corrected chi connectivity index (χ2v) is 8.77. The first-order chi connectivity index (χ1) is 15.4. The quantitative estimate of drug-likeness (QED) is 0.550. The number of imide groups is 1. The summed E-state index contributed by atoms with van der Waals surface area (Å²) in [5.41, 5.74) is 6.25. The van der Waals surface area contributed by atoms with Crippen molar-refractivity contribution in [3.8, 4) is 0 Å². The molecule has 2 aliphatic carbocycles. The second kappa shape index (κ2) is 7.86. The first kappa shape index (κ1) is 20.4. The number of nitrogens with zero attached hydrogens (tertiary/aromatic N) is 1. The van der Waals surface area contributed by atoms with Gasteiger partial charge in [-0.3, -0.25) is 24.1 Å². The van der Waals surface area contributed by atoms with Crippen molar-refractivity contribution in [2.75, 3.05) is 6.54 Å². The fourth-order valence-electron chi connectivity index (χ4n) is 5.12. The van der Waals surface area contributed by atoms with E-state index in [1.807, 2.05) is 12.1 Å². The van der Waals surface area contributed by atoms with Crippen LogP contribution in [0.1, 0.15) is 74.3 Å². The lowest BCUT2D eigenvalue weighted by Crippen LogP contribution is -2.38. The third-order valence-electron chi connectivity index (χ3n) is 6.80. The van der Waals surface area contributed by atoms with Crippen molar-refractivity contribution in [2.24, 2.45) is 5.92 Å². The summed E-state index contributed by atoms with van der Waals surface area (Å²) in [6.45, 7) is -0.325. The van der Waals surface area contributed by atoms with Crippen LogP contribution < -0.4 is 0 Å². The van der Waals surface area contributed by atoms with Crippen LogP contribution >= 0.6 is 0 Å². The minimum atomic E-state index is -1.20. The number of Topliss-reactive ketones (excluding diaryl/α,β-unsaturated/α-hetero) is 1. The maximum atomic E-state index is 13.0. The minimum absolute atomic E-state index is 0.267. The molecule has 0 saturated carbocycles. The fraction of sp³-hybridized carbons (Fsp3) is 0.308. The van der Waals surface area contributed by atoms with Gasteiger partial charge in [-0.1, -0.05) is 29.8 Å². The van der Waals surface area contributed by atoms with E-state index in [9.17, 15) is 24.3 Å². The number of benzene rings is 2. The molecule has 0 radical (unpaired) electrons. The number of allylic oxidation sites excluding steroid dienone is 2. The zero-order chi connectivity index (χ0) is 22.4. The normalized spacial score (nSPS) is 17.8. The van der Waals surface area contributed by atoms with Crippen molar-refractivity contribution >= 4 is 29.1 Å². The molecule has 1 aliphatic heterocycles. The summed E-state index contributed by atoms with van der Waals surface area (Å²) in [4.78, 5) is 51.0. The van der Waals surface area contributed by atoms with E-state index in [-0.39, 0.29) is 29.9 Å². The number of carboxylic acid groups (broad SMARTS) is 1. The molecule has 1 heterocycles. The van der Waals surface area contributed by atoms with E-state index in [1.165, 1.54) is 29.6 Å². The van der Waals surface area contributed by atoms with Crippen LogP contribution in [-0.4, -0.2) is 40.1 Å². The summed E-state index contributed by atoms with van der Waals surface area (Å²) in [6.07, 6.45) is 5.18. The molecule has 1 N–H and O–H groups in total. The Balaban J connectivity index is 1.32. The summed E-state index contributed by atoms with van der Waals surface area (Å²) in [7, 11) is 0. The number of hydrogen-bond acceptors (Lipinski definition) is 4. The van der Waals surface area contributed by atoms with Crippen LogP contribution in [0.25, 0.3) is 5.57 Å². The number of aliphatic carboxylic acids is 1. The molecular weight excluding hydrogens is 406 g/mol. The zero-order valence-corrected chi connectivity index (χ0v) is 17.6. The Bertz CT molecular complexity index is 1170. The molecule has 0 unspecified atom stereocenters. The molecule has 6 nitrogen and oxygen atoms in total. The van der Waals surface area contributed by atoms with Crippen molar-refractivity contribution in [3.05, 3.63) is 75.9 Å². The van der Waals surface area contributed by atoms with Gasteiger partial charge < -0.3 is 5.11 Å². The van der Waals surface area contributed by atoms with E-state index < -0.39 is 23.7 Å². The highest BCUT2D eigenvalue weighted by atomic mass is 16.4. The molecule has 6 heteroatoms. The van der Waals surface area contributed by atoms with Gasteiger partial charge in [0.15, 0.2) is 5.78 Å². The average Bonchev–Trinajstić information content (AvgIpc) is 3.28. The zero-order valence-electron chi connectivity index (χ0n) is 17.6. The van der Waals surface area contributed by atoms with E-state index in [2.05, 4.69) is 0 Å². The monoisotopic (exact) mass is 429 g/mol. The van der Waals surface area contributed by atoms with Gasteiger partial charge in [-0.2, -0.15) is 0 Å². The van der Waals surface area contributed by atoms with E-state index in [0.717, 1.165) is 29.7 Å². The molecule has 3 aliphatic rings. The lowest BCUT2D eigenvalue weighted by molar-refractivity contribution is -0.141. The predicted octanol–water partition coefficient (Wildman–Crippen LogP) is 4.14. The molecule has 0 aromatic heterocycles. The third kappa shape index (κ3) is 3.36. The highest BCUT2D eigenvalue weighted by molar-refractivity contribution is 6.21. The van der Waals surface area contributed by atoms with Gasteiger partial charge in [0.2, 0.25) is 0 Å². The molecule has 162 valence electrons. The number of carboxylic acids is 1. The molecule has 0 fully saturated rings. The SMILES string of the molecule is O=C(C[C@@H](CN1C(=O)c2ccccc2C1=O)C(=O)O)c1ccc2c(c1)CC1=C2CCCC1. The molecule has 2 aromatic rings. The molecule has 0 spiro atoms. The predicted molar refractivity (Wildman–Crippen MR) is 117 cm³/mol. The molecule has 2 amide bonds. The van der Waals surface area contributed by atoms with Gasteiger partial charge >= 0.3 is 5.97 Å². The largest absolute Gasteiger partial charge is 0.481 e. The van der Waals surface area contributed by atoms with Gasteiger partial charge in [0.1, 0.15) is 0 Å². The van der Waals surface area contributed by atoms with Gasteiger partial charge in [-0.25, -0.2) is 0 Å². The number of hydrogen-bond donors (Lipinski definition) is 1. The number of carbonyl (C=O) groups excluding carboxylic acids is 3. The Hall–Kier alpha value is -3.54. The summed E-state index contributed by atoms with van der Waals surface area (Å²) in [5.74, 6) is -3.68. The molecule has 0 bridgehead atoms. The highest BCUT2D eigenvalue weighted by Gasteiger charge is 2.38. The molecule has 5 rings (SSSR count). The first-order valence-electron chi connectivity index (χ1n) is 11.0. The maximum absolute atomic E-state index is 13.0. The molecular formula is C26H23NO5. The number of amides is 2. The van der Waals surface area contributed by atoms with Gasteiger partial charge in [-0.15, -0.1) is 0 Å². The van der Waals surface area contributed by atoms with Crippen LogP contribution in [0, 0.1) is 5.92 Å². The second-order valence-electron chi connectivity index (χ2n) is 8.77. The van der Waals surface area contributed by atoms with Crippen molar-refractivity contribution in [1.82, 2.24) is 4.90 Å². The van der Waals surface area contributed by atoms with Gasteiger partial charge in [0.05, 0.1) is 17.0 Å². The highest BCUT2D eigenvalue weighted by Crippen LogP contribution is 2.41. The molecule has 2 aromatic carbocycles. The fourth-order valence-corrected chi connectivity index (χ4v) is 5.12. The van der Waals surface area contributed by atoms with Crippen molar-refractivity contribution < 1.29 is 24.3 Å². The van der Waals surface area contributed by atoms with Crippen LogP contribution in [0.15, 0.2) is 48.0 Å². The Kier molecular flexibility index (Phi) is 5.00. The van der Waals surface area contributed by atoms with Crippen LogP contribution in [0.3, 0.4) is 0 Å². The van der Waals surface area contributed by atoms with E-state index in [4.69, 9.17) is 0 Å². The first-order valence-corrected chi connectivity index (χ1v) is 11.0. The van der Waals surface area contributed by atoms with Crippen LogP contribution in [0.2, 0.25) is 0 Å².